The Hall–Kier alpha value is -1.39. The molecule has 1 aromatic carbocycles. The molecule has 0 spiro atoms. The first kappa shape index (κ1) is 18.9. The fraction of sp³-hybridized carbons (Fsp3) is 0.357. The monoisotopic (exact) mass is 390 g/mol. The van der Waals surface area contributed by atoms with E-state index in [1.54, 1.807) is 24.3 Å². The molecule has 0 atom stereocenters. The fourth-order valence-corrected chi connectivity index (χ4v) is 3.81. The molecule has 0 aliphatic heterocycles. The molecule has 1 heterocycles. The average molecular weight is 391 g/mol. The Morgan fingerprint density at radius 3 is 2.58 bits per heavy atom. The molecule has 0 bridgehead atoms. The molecule has 0 aliphatic rings. The summed E-state index contributed by atoms with van der Waals surface area (Å²) in [7, 11) is 0. The number of benzene rings is 1. The van der Waals surface area contributed by atoms with Gasteiger partial charge in [0.2, 0.25) is 11.0 Å². The van der Waals surface area contributed by atoms with Crippen LogP contribution in [-0.4, -0.2) is 33.7 Å². The lowest BCUT2D eigenvalue weighted by Gasteiger charge is -2.05. The highest BCUT2D eigenvalue weighted by atomic mass is 32.2. The molecule has 2 rings (SSSR count). The van der Waals surface area contributed by atoms with Crippen LogP contribution in [0, 0.1) is 0 Å². The van der Waals surface area contributed by atoms with E-state index in [4.69, 9.17) is 0 Å². The summed E-state index contributed by atoms with van der Waals surface area (Å²) in [4.78, 5) is 12.4. The van der Waals surface area contributed by atoms with Gasteiger partial charge in [0, 0.05) is 16.6 Å². The number of carbonyl (C=O) groups is 1. The van der Waals surface area contributed by atoms with Crippen LogP contribution in [0.25, 0.3) is 0 Å². The molecule has 0 saturated heterocycles. The summed E-state index contributed by atoms with van der Waals surface area (Å²) < 4.78 is 25.2. The molecule has 24 heavy (non-hydrogen) atoms. The van der Waals surface area contributed by atoms with E-state index in [9.17, 15) is 13.6 Å². The summed E-state index contributed by atoms with van der Waals surface area (Å²) >= 11 is 3.16. The van der Waals surface area contributed by atoms with Crippen LogP contribution in [0.2, 0.25) is 0 Å². The third-order valence-electron chi connectivity index (χ3n) is 2.51. The van der Waals surface area contributed by atoms with Gasteiger partial charge >= 0.3 is 0 Å². The first-order valence-electron chi connectivity index (χ1n) is 7.00. The predicted octanol–water partition coefficient (Wildman–Crippen LogP) is 4.40. The van der Waals surface area contributed by atoms with Crippen molar-refractivity contribution in [3.63, 3.8) is 0 Å². The van der Waals surface area contributed by atoms with Gasteiger partial charge in [-0.1, -0.05) is 34.9 Å². The predicted molar refractivity (Wildman–Crippen MR) is 96.3 cm³/mol. The molecular weight excluding hydrogens is 374 g/mol. The van der Waals surface area contributed by atoms with E-state index < -0.39 is 5.76 Å². The van der Waals surface area contributed by atoms with Crippen molar-refractivity contribution < 1.29 is 13.6 Å². The number of rotatable bonds is 8. The zero-order chi connectivity index (χ0) is 17.5. The van der Waals surface area contributed by atoms with Crippen LogP contribution in [0.1, 0.15) is 13.8 Å². The number of nitrogens with zero attached hydrogens (tertiary/aromatic N) is 2. The Morgan fingerprint density at radius 2 is 1.96 bits per heavy atom. The molecule has 0 saturated carbocycles. The van der Waals surface area contributed by atoms with Gasteiger partial charge in [0.1, 0.15) is 0 Å². The second-order valence-corrected chi connectivity index (χ2v) is 8.18. The minimum Gasteiger partial charge on any atom is -0.358 e. The van der Waals surface area contributed by atoms with Crippen LogP contribution in [0.4, 0.5) is 19.6 Å². The quantitative estimate of drug-likeness (QED) is 0.651. The van der Waals surface area contributed by atoms with Gasteiger partial charge in [-0.3, -0.25) is 4.79 Å². The molecule has 1 amide bonds. The largest absolute Gasteiger partial charge is 0.358 e. The van der Waals surface area contributed by atoms with Crippen molar-refractivity contribution >= 4 is 51.6 Å². The molecule has 2 N–H and O–H groups in total. The van der Waals surface area contributed by atoms with Gasteiger partial charge in [0.25, 0.3) is 5.76 Å². The van der Waals surface area contributed by atoms with E-state index in [2.05, 4.69) is 20.8 Å². The number of nitrogens with one attached hydrogen (secondary N) is 2. The van der Waals surface area contributed by atoms with Crippen LogP contribution in [0.15, 0.2) is 33.5 Å². The lowest BCUT2D eigenvalue weighted by molar-refractivity contribution is -0.113. The maximum Gasteiger partial charge on any atom is 0.288 e. The third kappa shape index (κ3) is 6.62. The molecule has 0 radical (unpaired) electrons. The second kappa shape index (κ2) is 9.19. The lowest BCUT2D eigenvalue weighted by Crippen LogP contribution is -2.13. The number of halogens is 2. The van der Waals surface area contributed by atoms with Crippen molar-refractivity contribution in [3.8, 4) is 0 Å². The number of thioether (sulfide) groups is 2. The number of hydrogen-bond donors (Lipinski definition) is 2. The van der Waals surface area contributed by atoms with Crippen molar-refractivity contribution in [1.29, 1.82) is 0 Å². The van der Waals surface area contributed by atoms with Crippen LogP contribution in [0.5, 0.6) is 0 Å². The average Bonchev–Trinajstić information content (AvgIpc) is 2.93. The summed E-state index contributed by atoms with van der Waals surface area (Å²) in [6.07, 6.45) is 0. The van der Waals surface area contributed by atoms with E-state index in [1.807, 2.05) is 13.8 Å². The Bertz CT molecular complexity index is 664. The van der Waals surface area contributed by atoms with Crippen molar-refractivity contribution in [3.05, 3.63) is 24.3 Å². The molecule has 5 nitrogen and oxygen atoms in total. The van der Waals surface area contributed by atoms with Crippen LogP contribution in [-0.2, 0) is 4.79 Å². The smallest absolute Gasteiger partial charge is 0.288 e. The molecule has 10 heteroatoms. The fourth-order valence-electron chi connectivity index (χ4n) is 1.62. The Balaban J connectivity index is 1.79. The number of anilines is 2. The molecule has 1 aromatic heterocycles. The number of alkyl halides is 2. The van der Waals surface area contributed by atoms with E-state index in [0.717, 1.165) is 5.13 Å². The first-order valence-corrected chi connectivity index (χ1v) is 9.68. The molecule has 130 valence electrons. The molecular formula is C14H16F2N4OS3. The van der Waals surface area contributed by atoms with Gasteiger partial charge in [-0.2, -0.15) is 8.78 Å². The summed E-state index contributed by atoms with van der Waals surface area (Å²) in [6.45, 7) is 4.01. The lowest BCUT2D eigenvalue weighted by atomic mass is 10.3. The molecule has 0 fully saturated rings. The highest BCUT2D eigenvalue weighted by molar-refractivity contribution is 8.01. The topological polar surface area (TPSA) is 66.9 Å². The third-order valence-corrected chi connectivity index (χ3v) is 5.22. The number of hydrogen-bond acceptors (Lipinski definition) is 7. The molecule has 0 aliphatic carbocycles. The van der Waals surface area contributed by atoms with Crippen molar-refractivity contribution in [2.45, 2.75) is 34.9 Å². The summed E-state index contributed by atoms with van der Waals surface area (Å²) in [5.41, 5.74) is 0.568. The van der Waals surface area contributed by atoms with Crippen LogP contribution in [0.3, 0.4) is 0 Å². The Labute approximate surface area is 151 Å². The first-order chi connectivity index (χ1) is 11.4. The maximum absolute atomic E-state index is 12.2. The highest BCUT2D eigenvalue weighted by Gasteiger charge is 2.10. The van der Waals surface area contributed by atoms with E-state index in [-0.39, 0.29) is 17.7 Å². The van der Waals surface area contributed by atoms with Gasteiger partial charge in [-0.15, -0.1) is 10.2 Å². The van der Waals surface area contributed by atoms with Crippen LogP contribution < -0.4 is 10.6 Å². The molecule has 0 unspecified atom stereocenters. The minimum absolute atomic E-state index is 0.192. The maximum atomic E-state index is 12.2. The van der Waals surface area contributed by atoms with E-state index >= 15 is 0 Å². The Morgan fingerprint density at radius 1 is 1.25 bits per heavy atom. The van der Waals surface area contributed by atoms with Gasteiger partial charge in [-0.25, -0.2) is 0 Å². The van der Waals surface area contributed by atoms with Crippen LogP contribution >= 0.6 is 34.9 Å². The standard InChI is InChI=1S/C14H16F2N4OS3/c1-8(2)17-13-19-20-14(24-13)22-7-11(21)18-9-3-5-10(6-4-9)23-12(15)16/h3-6,8,12H,7H2,1-2H3,(H,17,19)(H,18,21). The number of amides is 1. The van der Waals surface area contributed by atoms with E-state index in [0.29, 0.717) is 26.7 Å². The summed E-state index contributed by atoms with van der Waals surface area (Å²) in [5, 5.41) is 14.6. The normalized spacial score (nSPS) is 11.1. The van der Waals surface area contributed by atoms with Crippen molar-refractivity contribution in [1.82, 2.24) is 10.2 Å². The number of carbonyl (C=O) groups excluding carboxylic acids is 1. The second-order valence-electron chi connectivity index (χ2n) is 4.91. The SMILES string of the molecule is CC(C)Nc1nnc(SCC(=O)Nc2ccc(SC(F)F)cc2)s1. The van der Waals surface area contributed by atoms with Gasteiger partial charge in [-0.05, 0) is 38.1 Å². The zero-order valence-electron chi connectivity index (χ0n) is 13.0. The summed E-state index contributed by atoms with van der Waals surface area (Å²) in [5.74, 6) is -2.45. The zero-order valence-corrected chi connectivity index (χ0v) is 15.4. The Kier molecular flexibility index (Phi) is 7.25. The van der Waals surface area contributed by atoms with Gasteiger partial charge in [0.15, 0.2) is 4.34 Å². The van der Waals surface area contributed by atoms with E-state index in [1.165, 1.54) is 23.1 Å². The van der Waals surface area contributed by atoms with Gasteiger partial charge in [0.05, 0.1) is 5.75 Å². The molecule has 2 aromatic rings. The highest BCUT2D eigenvalue weighted by Crippen LogP contribution is 2.27. The van der Waals surface area contributed by atoms with Crippen molar-refractivity contribution in [2.75, 3.05) is 16.4 Å². The number of aromatic nitrogens is 2. The summed E-state index contributed by atoms with van der Waals surface area (Å²) in [6, 6.07) is 6.57. The van der Waals surface area contributed by atoms with Crippen molar-refractivity contribution in [2.24, 2.45) is 0 Å². The minimum atomic E-state index is -2.45. The van der Waals surface area contributed by atoms with Gasteiger partial charge < -0.3 is 10.6 Å².